The number of alkyl halides is 2. The first-order valence-corrected chi connectivity index (χ1v) is 10.8. The highest BCUT2D eigenvalue weighted by atomic mass is 127. The van der Waals surface area contributed by atoms with Crippen LogP contribution in [-0.2, 0) is 4.74 Å². The topological polar surface area (TPSA) is 89.6 Å². The second-order valence-electron chi connectivity index (χ2n) is 6.74. The number of hydrogen-bond donors (Lipinski definition) is 6. The molecule has 0 fully saturated rings. The van der Waals surface area contributed by atoms with Gasteiger partial charge in [0, 0.05) is 59.1 Å². The fourth-order valence-electron chi connectivity index (χ4n) is 2.67. The van der Waals surface area contributed by atoms with Crippen molar-refractivity contribution in [3.63, 3.8) is 0 Å². The lowest BCUT2D eigenvalue weighted by molar-refractivity contribution is 0.0980. The van der Waals surface area contributed by atoms with Gasteiger partial charge in [-0.3, -0.25) is 5.32 Å². The summed E-state index contributed by atoms with van der Waals surface area (Å²) in [6, 6.07) is 0.122. The highest BCUT2D eigenvalue weighted by Crippen LogP contribution is 2.13. The second-order valence-corrected chi connectivity index (χ2v) is 7.72. The van der Waals surface area contributed by atoms with Crippen molar-refractivity contribution in [1.82, 2.24) is 26.6 Å². The maximum absolute atomic E-state index is 12.9. The second kappa shape index (κ2) is 12.5. The summed E-state index contributed by atoms with van der Waals surface area (Å²) < 4.78 is 16.5. The number of nitrogens with one attached hydrogen (secondary N) is 5. The Morgan fingerprint density at radius 2 is 2.07 bits per heavy atom. The van der Waals surface area contributed by atoms with Crippen LogP contribution in [0.4, 0.5) is 4.39 Å². The molecule has 30 heavy (non-hydrogen) atoms. The molecule has 9 heteroatoms. The lowest BCUT2D eigenvalue weighted by Crippen LogP contribution is -2.36. The average molecular weight is 529 g/mol. The Hall–Kier alpha value is -2.24. The number of aliphatic hydroxyl groups is 1. The molecule has 6 N–H and O–H groups in total. The molecule has 164 valence electrons. The van der Waals surface area contributed by atoms with Gasteiger partial charge in [0.2, 0.25) is 0 Å². The van der Waals surface area contributed by atoms with E-state index in [1.165, 1.54) is 0 Å². The minimum absolute atomic E-state index is 0.122. The van der Waals surface area contributed by atoms with Crippen LogP contribution < -0.4 is 26.6 Å². The van der Waals surface area contributed by atoms with Gasteiger partial charge in [-0.05, 0) is 44.9 Å². The summed E-state index contributed by atoms with van der Waals surface area (Å²) in [4.78, 5) is 0. The lowest BCUT2D eigenvalue weighted by atomic mass is 10.1. The van der Waals surface area contributed by atoms with Gasteiger partial charge in [-0.25, -0.2) is 0 Å². The van der Waals surface area contributed by atoms with Crippen molar-refractivity contribution >= 4 is 22.6 Å². The van der Waals surface area contributed by atoms with E-state index in [0.29, 0.717) is 5.76 Å². The molecule has 0 radical (unpaired) electrons. The van der Waals surface area contributed by atoms with E-state index in [9.17, 15) is 9.50 Å². The van der Waals surface area contributed by atoms with E-state index in [1.54, 1.807) is 54.9 Å². The van der Waals surface area contributed by atoms with Crippen LogP contribution in [0.5, 0.6) is 0 Å². The van der Waals surface area contributed by atoms with Gasteiger partial charge >= 0.3 is 0 Å². The van der Waals surface area contributed by atoms with Crippen molar-refractivity contribution in [3.8, 4) is 0 Å². The summed E-state index contributed by atoms with van der Waals surface area (Å²) in [5.74, 6) is 1.27. The van der Waals surface area contributed by atoms with Crippen LogP contribution in [-0.4, -0.2) is 21.7 Å². The smallest absolute Gasteiger partial charge is 0.288 e. The Morgan fingerprint density at radius 3 is 2.73 bits per heavy atom. The van der Waals surface area contributed by atoms with E-state index in [1.807, 2.05) is 37.6 Å². The van der Waals surface area contributed by atoms with Gasteiger partial charge in [-0.1, -0.05) is 18.2 Å². The highest BCUT2D eigenvalue weighted by molar-refractivity contribution is 14.1. The van der Waals surface area contributed by atoms with Crippen LogP contribution in [0.2, 0.25) is 0 Å². The Bertz CT molecular complexity index is 797. The summed E-state index contributed by atoms with van der Waals surface area (Å²) in [5, 5.41) is 25.3. The summed E-state index contributed by atoms with van der Waals surface area (Å²) in [5.41, 5.74) is 2.75. The van der Waals surface area contributed by atoms with E-state index in [-0.39, 0.29) is 6.04 Å². The van der Waals surface area contributed by atoms with Gasteiger partial charge in [0.25, 0.3) is 4.36 Å². The molecule has 0 bridgehead atoms. The maximum atomic E-state index is 12.9. The largest absolute Gasteiger partial charge is 0.456 e. The van der Waals surface area contributed by atoms with Crippen molar-refractivity contribution in [2.24, 2.45) is 0 Å². The number of allylic oxidation sites excluding steroid dienone is 5. The van der Waals surface area contributed by atoms with Crippen molar-refractivity contribution in [2.75, 3.05) is 0 Å². The van der Waals surface area contributed by atoms with Crippen LogP contribution in [0.25, 0.3) is 0 Å². The number of hydrogen-bond acceptors (Lipinski definition) is 7. The van der Waals surface area contributed by atoms with E-state index >= 15 is 0 Å². The fourth-order valence-corrected chi connectivity index (χ4v) is 3.07. The molecule has 0 saturated heterocycles. The van der Waals surface area contributed by atoms with E-state index in [2.05, 4.69) is 32.7 Å². The molecule has 1 heterocycles. The maximum Gasteiger partial charge on any atom is 0.288 e. The Balaban J connectivity index is 1.98. The van der Waals surface area contributed by atoms with Crippen LogP contribution in [0.15, 0.2) is 83.7 Å². The minimum atomic E-state index is -1.36. The predicted octanol–water partition coefficient (Wildman–Crippen LogP) is 3.17. The van der Waals surface area contributed by atoms with Gasteiger partial charge < -0.3 is 31.1 Å². The first kappa shape index (κ1) is 24.0. The van der Waals surface area contributed by atoms with Gasteiger partial charge in [-0.2, -0.15) is 4.39 Å². The van der Waals surface area contributed by atoms with Gasteiger partial charge in [0.05, 0.1) is 11.5 Å². The van der Waals surface area contributed by atoms with Crippen molar-refractivity contribution < 1.29 is 14.2 Å². The third-order valence-corrected chi connectivity index (χ3v) is 4.37. The molecular formula is C21H29FIN5O2. The molecule has 0 saturated carbocycles. The molecule has 7 nitrogen and oxygen atoms in total. The molecule has 3 atom stereocenters. The Labute approximate surface area is 190 Å². The van der Waals surface area contributed by atoms with Crippen molar-refractivity contribution in [1.29, 1.82) is 0 Å². The summed E-state index contributed by atoms with van der Waals surface area (Å²) in [6.45, 7) is 5.36. The quantitative estimate of drug-likeness (QED) is 0.0947. The van der Waals surface area contributed by atoms with Crippen LogP contribution in [0.3, 0.4) is 0 Å². The van der Waals surface area contributed by atoms with E-state index < -0.39 is 10.6 Å². The predicted molar refractivity (Wildman–Crippen MR) is 126 cm³/mol. The molecule has 0 spiro atoms. The van der Waals surface area contributed by atoms with E-state index in [0.717, 1.165) is 29.2 Å². The molecule has 0 aromatic rings. The van der Waals surface area contributed by atoms with Gasteiger partial charge in [0.15, 0.2) is 0 Å². The average Bonchev–Trinajstić information content (AvgIpc) is 2.79. The van der Waals surface area contributed by atoms with Crippen LogP contribution in [0, 0.1) is 0 Å². The standard InChI is InChI=1S/C21H29FIN5O2/c1-14(4-5-15(2)30-21(22)23)19-12-24-13-20(26-11-10-25-19)28-18-8-6-17(7-9-18)27-16(3)29/h4-6,8-13,16-17,21,24-29H,7H2,1-3H3/b11-10?,14-4+,15-5+,19-12?,20-13?. The number of halogens is 2. The number of ether oxygens (including phenoxy) is 1. The normalized spacial score (nSPS) is 21.9. The van der Waals surface area contributed by atoms with Crippen LogP contribution in [0.1, 0.15) is 27.2 Å². The Kier molecular flexibility index (Phi) is 9.98. The zero-order valence-electron chi connectivity index (χ0n) is 17.2. The fraction of sp³-hybridized carbons (Fsp3) is 0.333. The third-order valence-electron chi connectivity index (χ3n) is 4.12. The Morgan fingerprint density at radius 1 is 1.30 bits per heavy atom. The summed E-state index contributed by atoms with van der Waals surface area (Å²) in [6.07, 6.45) is 17.1. The lowest BCUT2D eigenvalue weighted by Gasteiger charge is -2.20. The zero-order valence-corrected chi connectivity index (χ0v) is 19.4. The molecule has 2 rings (SSSR count). The van der Waals surface area contributed by atoms with Gasteiger partial charge in [-0.15, -0.1) is 0 Å². The van der Waals surface area contributed by atoms with E-state index in [4.69, 9.17) is 4.74 Å². The highest BCUT2D eigenvalue weighted by Gasteiger charge is 2.10. The third kappa shape index (κ3) is 9.06. The van der Waals surface area contributed by atoms with Crippen LogP contribution >= 0.6 is 22.6 Å². The molecule has 3 unspecified atom stereocenters. The van der Waals surface area contributed by atoms with Gasteiger partial charge in [0.1, 0.15) is 12.0 Å². The minimum Gasteiger partial charge on any atom is -0.456 e. The number of rotatable bonds is 8. The monoisotopic (exact) mass is 529 g/mol. The van der Waals surface area contributed by atoms with Crippen molar-refractivity contribution in [3.05, 3.63) is 83.7 Å². The van der Waals surface area contributed by atoms with Crippen molar-refractivity contribution in [2.45, 2.75) is 43.8 Å². The molecule has 1 aliphatic carbocycles. The summed E-state index contributed by atoms with van der Waals surface area (Å²) in [7, 11) is 0. The number of aliphatic hydroxyl groups excluding tert-OH is 1. The molecule has 0 aromatic heterocycles. The summed E-state index contributed by atoms with van der Waals surface area (Å²) >= 11 is 1.56. The molecule has 0 aromatic carbocycles. The zero-order chi connectivity index (χ0) is 21.9. The molecule has 0 amide bonds. The first-order chi connectivity index (χ1) is 14.3. The molecule has 1 aliphatic heterocycles. The molecule has 2 aliphatic rings. The first-order valence-electron chi connectivity index (χ1n) is 9.58. The SMILES string of the molecule is C/C(=C\C=C(/C)C1=CNC=C(NC2=CCC(NC(C)O)C=C2)NC=CN1)OC(F)I. The molecular weight excluding hydrogens is 500 g/mol.